The van der Waals surface area contributed by atoms with E-state index in [0.29, 0.717) is 32.8 Å². The van der Waals surface area contributed by atoms with E-state index in [1.807, 2.05) is 17.5 Å². The Labute approximate surface area is 193 Å². The summed E-state index contributed by atoms with van der Waals surface area (Å²) in [5, 5.41) is 4.90. The van der Waals surface area contributed by atoms with E-state index in [-0.39, 0.29) is 30.4 Å². The Morgan fingerprint density at radius 2 is 2.00 bits per heavy atom. The molecule has 1 aliphatic rings. The van der Waals surface area contributed by atoms with Crippen molar-refractivity contribution in [2.45, 2.75) is 51.8 Å². The smallest absolute Gasteiger partial charge is 0.317 e. The molecule has 1 atom stereocenters. The molecule has 174 valence electrons. The van der Waals surface area contributed by atoms with Crippen molar-refractivity contribution in [2.75, 3.05) is 26.2 Å². The lowest BCUT2D eigenvalue weighted by atomic mass is 10.2. The molecule has 1 aliphatic heterocycles. The van der Waals surface area contributed by atoms with Crippen LogP contribution in [0.3, 0.4) is 0 Å². The van der Waals surface area contributed by atoms with Gasteiger partial charge in [0.25, 0.3) is 0 Å². The molecule has 1 unspecified atom stereocenters. The van der Waals surface area contributed by atoms with Gasteiger partial charge in [0.15, 0.2) is 0 Å². The van der Waals surface area contributed by atoms with Gasteiger partial charge in [-0.05, 0) is 48.4 Å². The second-order valence-electron chi connectivity index (χ2n) is 8.06. The van der Waals surface area contributed by atoms with Crippen LogP contribution in [-0.2, 0) is 22.6 Å². The summed E-state index contributed by atoms with van der Waals surface area (Å²) in [6.07, 6.45) is 3.70. The van der Waals surface area contributed by atoms with Crippen LogP contribution in [0.1, 0.15) is 43.0 Å². The number of rotatable bonds is 11. The maximum absolute atomic E-state index is 13.4. The average Bonchev–Trinajstić information content (AvgIpc) is 3.48. The number of hydrogen-bond acceptors (Lipinski definition) is 4. The third-order valence-electron chi connectivity index (χ3n) is 5.43. The van der Waals surface area contributed by atoms with Crippen molar-refractivity contribution in [1.29, 1.82) is 0 Å². The monoisotopic (exact) mass is 461 g/mol. The van der Waals surface area contributed by atoms with E-state index in [2.05, 4.69) is 12.2 Å². The minimum Gasteiger partial charge on any atom is -0.376 e. The lowest BCUT2D eigenvalue weighted by Crippen LogP contribution is -2.49. The summed E-state index contributed by atoms with van der Waals surface area (Å²) in [6.45, 7) is 4.51. The van der Waals surface area contributed by atoms with E-state index in [4.69, 9.17) is 4.74 Å². The number of nitrogens with zero attached hydrogens (tertiary/aromatic N) is 2. The van der Waals surface area contributed by atoms with Gasteiger partial charge < -0.3 is 19.9 Å². The second kappa shape index (κ2) is 12.6. The molecular weight excluding hydrogens is 429 g/mol. The predicted molar refractivity (Wildman–Crippen MR) is 124 cm³/mol. The Morgan fingerprint density at radius 3 is 2.66 bits per heavy atom. The molecule has 2 aromatic rings. The number of unbranched alkanes of at least 4 members (excludes halogenated alkanes) is 1. The van der Waals surface area contributed by atoms with Crippen LogP contribution in [0.2, 0.25) is 0 Å². The molecule has 1 aromatic carbocycles. The SMILES string of the molecule is CCCCNC(=O)N(CC(=O)N(Cc1ccc(F)cc1)Cc1cccs1)CC1CCCO1. The van der Waals surface area contributed by atoms with Crippen molar-refractivity contribution < 1.29 is 18.7 Å². The van der Waals surface area contributed by atoms with Crippen LogP contribution in [0.5, 0.6) is 0 Å². The fourth-order valence-corrected chi connectivity index (χ4v) is 4.35. The third-order valence-corrected chi connectivity index (χ3v) is 6.30. The average molecular weight is 462 g/mol. The maximum Gasteiger partial charge on any atom is 0.317 e. The highest BCUT2D eigenvalue weighted by atomic mass is 32.1. The number of carbonyl (C=O) groups excluding carboxylic acids is 2. The highest BCUT2D eigenvalue weighted by molar-refractivity contribution is 7.09. The van der Waals surface area contributed by atoms with Gasteiger partial charge in [-0.2, -0.15) is 0 Å². The first-order valence-corrected chi connectivity index (χ1v) is 12.1. The molecule has 0 bridgehead atoms. The predicted octanol–water partition coefficient (Wildman–Crippen LogP) is 4.41. The van der Waals surface area contributed by atoms with Gasteiger partial charge in [-0.15, -0.1) is 11.3 Å². The number of urea groups is 1. The normalized spacial score (nSPS) is 15.5. The van der Waals surface area contributed by atoms with E-state index in [1.54, 1.807) is 33.3 Å². The van der Waals surface area contributed by atoms with Crippen molar-refractivity contribution in [3.05, 3.63) is 58.0 Å². The van der Waals surface area contributed by atoms with Crippen LogP contribution in [0.15, 0.2) is 41.8 Å². The fraction of sp³-hybridized carbons (Fsp3) is 0.500. The van der Waals surface area contributed by atoms with E-state index >= 15 is 0 Å². The first-order valence-electron chi connectivity index (χ1n) is 11.2. The van der Waals surface area contributed by atoms with Crippen LogP contribution in [0.25, 0.3) is 0 Å². The number of halogens is 1. The molecule has 3 rings (SSSR count). The number of carbonyl (C=O) groups is 2. The van der Waals surface area contributed by atoms with Gasteiger partial charge in [0.1, 0.15) is 12.4 Å². The molecule has 1 saturated heterocycles. The Morgan fingerprint density at radius 1 is 1.19 bits per heavy atom. The van der Waals surface area contributed by atoms with Crippen molar-refractivity contribution >= 4 is 23.3 Å². The lowest BCUT2D eigenvalue weighted by molar-refractivity contribution is -0.133. The van der Waals surface area contributed by atoms with Crippen molar-refractivity contribution in [3.63, 3.8) is 0 Å². The number of nitrogens with one attached hydrogen (secondary N) is 1. The molecule has 2 heterocycles. The number of hydrogen-bond donors (Lipinski definition) is 1. The molecular formula is C24H32FN3O3S. The Kier molecular flexibility index (Phi) is 9.49. The van der Waals surface area contributed by atoms with E-state index < -0.39 is 0 Å². The van der Waals surface area contributed by atoms with Gasteiger partial charge in [0, 0.05) is 31.1 Å². The summed E-state index contributed by atoms with van der Waals surface area (Å²) < 4.78 is 19.0. The van der Waals surface area contributed by atoms with Gasteiger partial charge in [-0.1, -0.05) is 31.5 Å². The summed E-state index contributed by atoms with van der Waals surface area (Å²) >= 11 is 1.58. The van der Waals surface area contributed by atoms with Gasteiger partial charge in [-0.25, -0.2) is 9.18 Å². The molecule has 1 N–H and O–H groups in total. The van der Waals surface area contributed by atoms with Gasteiger partial charge in [0.2, 0.25) is 5.91 Å². The van der Waals surface area contributed by atoms with Crippen LogP contribution < -0.4 is 5.32 Å². The number of ether oxygens (including phenoxy) is 1. The van der Waals surface area contributed by atoms with Crippen molar-refractivity contribution in [1.82, 2.24) is 15.1 Å². The van der Waals surface area contributed by atoms with Crippen LogP contribution in [0.4, 0.5) is 9.18 Å². The zero-order valence-corrected chi connectivity index (χ0v) is 19.4. The zero-order chi connectivity index (χ0) is 22.8. The van der Waals surface area contributed by atoms with E-state index in [1.165, 1.54) is 12.1 Å². The fourth-order valence-electron chi connectivity index (χ4n) is 3.63. The summed E-state index contributed by atoms with van der Waals surface area (Å²) in [4.78, 5) is 30.5. The van der Waals surface area contributed by atoms with Crippen molar-refractivity contribution in [3.8, 4) is 0 Å². The highest BCUT2D eigenvalue weighted by Crippen LogP contribution is 2.17. The Bertz CT molecular complexity index is 839. The minimum absolute atomic E-state index is 0.0234. The molecule has 6 nitrogen and oxygen atoms in total. The minimum atomic E-state index is -0.309. The summed E-state index contributed by atoms with van der Waals surface area (Å²) in [5.74, 6) is -0.456. The first kappa shape index (κ1) is 24.2. The summed E-state index contributed by atoms with van der Waals surface area (Å²) in [7, 11) is 0. The van der Waals surface area contributed by atoms with Gasteiger partial charge in [0.05, 0.1) is 12.6 Å². The molecule has 1 aromatic heterocycles. The molecule has 3 amide bonds. The number of benzene rings is 1. The largest absolute Gasteiger partial charge is 0.376 e. The summed E-state index contributed by atoms with van der Waals surface area (Å²) in [6, 6.07) is 9.86. The number of amides is 3. The standard InChI is InChI=1S/C24H32FN3O3S/c1-2-3-12-26-24(30)28(16-21-6-4-13-31-21)18-23(29)27(17-22-7-5-14-32-22)15-19-8-10-20(25)11-9-19/h5,7-11,14,21H,2-4,6,12-13,15-18H2,1H3,(H,26,30). The maximum atomic E-state index is 13.4. The molecule has 1 fully saturated rings. The van der Waals surface area contributed by atoms with Gasteiger partial charge >= 0.3 is 6.03 Å². The molecule has 0 saturated carbocycles. The van der Waals surface area contributed by atoms with Crippen molar-refractivity contribution in [2.24, 2.45) is 0 Å². The molecule has 0 radical (unpaired) electrons. The summed E-state index contributed by atoms with van der Waals surface area (Å²) in [5.41, 5.74) is 0.842. The van der Waals surface area contributed by atoms with Crippen LogP contribution >= 0.6 is 11.3 Å². The number of thiophene rings is 1. The molecule has 0 spiro atoms. The van der Waals surface area contributed by atoms with Crippen LogP contribution in [-0.4, -0.2) is 54.1 Å². The van der Waals surface area contributed by atoms with E-state index in [9.17, 15) is 14.0 Å². The zero-order valence-electron chi connectivity index (χ0n) is 18.6. The van der Waals surface area contributed by atoms with E-state index in [0.717, 1.165) is 36.1 Å². The molecule has 8 heteroatoms. The quantitative estimate of drug-likeness (QED) is 0.505. The Hall–Kier alpha value is -2.45. The topological polar surface area (TPSA) is 61.9 Å². The second-order valence-corrected chi connectivity index (χ2v) is 9.09. The molecule has 0 aliphatic carbocycles. The highest BCUT2D eigenvalue weighted by Gasteiger charge is 2.26. The third kappa shape index (κ3) is 7.60. The molecule has 32 heavy (non-hydrogen) atoms. The first-order chi connectivity index (χ1) is 15.5. The van der Waals surface area contributed by atoms with Crippen LogP contribution in [0, 0.1) is 5.82 Å². The lowest BCUT2D eigenvalue weighted by Gasteiger charge is -2.29. The Balaban J connectivity index is 1.71. The van der Waals surface area contributed by atoms with Gasteiger partial charge in [-0.3, -0.25) is 4.79 Å².